The van der Waals surface area contributed by atoms with Gasteiger partial charge in [0.05, 0.1) is 17.9 Å². The van der Waals surface area contributed by atoms with E-state index in [1.54, 1.807) is 18.3 Å². The fraction of sp³-hybridized carbons (Fsp3) is 0.130. The second kappa shape index (κ2) is 10.1. The van der Waals surface area contributed by atoms with Crippen molar-refractivity contribution in [3.05, 3.63) is 95.6 Å². The number of aliphatic hydroxyl groups excluding tert-OH is 1. The summed E-state index contributed by atoms with van der Waals surface area (Å²) in [5, 5.41) is 12.4. The van der Waals surface area contributed by atoms with Gasteiger partial charge in [-0.1, -0.05) is 18.2 Å². The van der Waals surface area contributed by atoms with Crippen molar-refractivity contribution >= 4 is 12.0 Å². The normalized spacial score (nSPS) is 12.5. The zero-order valence-corrected chi connectivity index (χ0v) is 16.5. The molecule has 0 saturated heterocycles. The van der Waals surface area contributed by atoms with Crippen molar-refractivity contribution < 1.29 is 32.2 Å². The Morgan fingerprint density at radius 1 is 1.16 bits per heavy atom. The molecule has 0 bridgehead atoms. The van der Waals surface area contributed by atoms with E-state index in [1.165, 1.54) is 42.6 Å². The lowest BCUT2D eigenvalue weighted by Crippen LogP contribution is -2.26. The number of ether oxygens (including phenoxy) is 1. The van der Waals surface area contributed by atoms with Crippen molar-refractivity contribution in [2.75, 3.05) is 6.54 Å². The van der Waals surface area contributed by atoms with Crippen molar-refractivity contribution in [1.29, 1.82) is 0 Å². The van der Waals surface area contributed by atoms with Crippen molar-refractivity contribution in [3.63, 3.8) is 0 Å². The summed E-state index contributed by atoms with van der Waals surface area (Å²) in [5.41, 5.74) is -0.483. The van der Waals surface area contributed by atoms with Crippen LogP contribution in [0.3, 0.4) is 0 Å². The Hall–Kier alpha value is -3.72. The number of hydrogen-bond acceptors (Lipinski definition) is 4. The van der Waals surface area contributed by atoms with E-state index in [2.05, 4.69) is 10.3 Å². The van der Waals surface area contributed by atoms with Gasteiger partial charge in [0.25, 0.3) is 0 Å². The Labute approximate surface area is 181 Å². The second-order valence-electron chi connectivity index (χ2n) is 6.70. The third kappa shape index (κ3) is 6.39. The standard InChI is InChI=1S/C23H18F4N2O3/c24-19-11-15(6-8-21(19)32-18-5-2-10-28-13-18)7-9-22(31)29-14-20(30)16-3-1-4-17(12-16)23(25,26)27/h1-13,20,30H,14H2,(H,29,31)/b9-7+. The van der Waals surface area contributed by atoms with Gasteiger partial charge in [0.1, 0.15) is 5.75 Å². The van der Waals surface area contributed by atoms with E-state index < -0.39 is 29.6 Å². The maximum atomic E-state index is 14.2. The number of rotatable bonds is 7. The summed E-state index contributed by atoms with van der Waals surface area (Å²) in [7, 11) is 0. The second-order valence-corrected chi connectivity index (χ2v) is 6.70. The van der Waals surface area contributed by atoms with E-state index in [0.29, 0.717) is 11.3 Å². The summed E-state index contributed by atoms with van der Waals surface area (Å²) in [6.45, 7) is -0.295. The minimum absolute atomic E-state index is 0.0104. The van der Waals surface area contributed by atoms with Crippen LogP contribution < -0.4 is 10.1 Å². The monoisotopic (exact) mass is 446 g/mol. The Balaban J connectivity index is 1.56. The molecule has 1 heterocycles. The van der Waals surface area contributed by atoms with Crippen LogP contribution in [0.4, 0.5) is 17.6 Å². The van der Waals surface area contributed by atoms with Crippen molar-refractivity contribution in [3.8, 4) is 11.5 Å². The SMILES string of the molecule is O=C(/C=C/c1ccc(Oc2cccnc2)c(F)c1)NCC(O)c1cccc(C(F)(F)F)c1. The van der Waals surface area contributed by atoms with Gasteiger partial charge in [0.15, 0.2) is 11.6 Å². The molecule has 3 aromatic rings. The van der Waals surface area contributed by atoms with E-state index in [4.69, 9.17) is 4.74 Å². The fourth-order valence-corrected chi connectivity index (χ4v) is 2.71. The Morgan fingerprint density at radius 2 is 1.97 bits per heavy atom. The fourth-order valence-electron chi connectivity index (χ4n) is 2.71. The van der Waals surface area contributed by atoms with E-state index in [9.17, 15) is 27.5 Å². The molecule has 1 aromatic heterocycles. The van der Waals surface area contributed by atoms with Crippen LogP contribution >= 0.6 is 0 Å². The molecule has 0 fully saturated rings. The maximum absolute atomic E-state index is 14.2. The predicted octanol–water partition coefficient (Wildman–Crippen LogP) is 4.89. The molecule has 166 valence electrons. The topological polar surface area (TPSA) is 71.5 Å². The first-order valence-electron chi connectivity index (χ1n) is 9.41. The number of alkyl halides is 3. The molecule has 0 spiro atoms. The van der Waals surface area contributed by atoms with Crippen LogP contribution in [0.15, 0.2) is 73.1 Å². The number of aliphatic hydroxyl groups is 1. The van der Waals surface area contributed by atoms with E-state index >= 15 is 0 Å². The number of hydrogen-bond donors (Lipinski definition) is 2. The minimum Gasteiger partial charge on any atom is -0.453 e. The molecule has 0 saturated carbocycles. The lowest BCUT2D eigenvalue weighted by Gasteiger charge is -2.14. The molecule has 9 heteroatoms. The quantitative estimate of drug-likeness (QED) is 0.400. The molecule has 1 atom stereocenters. The highest BCUT2D eigenvalue weighted by atomic mass is 19.4. The minimum atomic E-state index is -4.53. The average Bonchev–Trinajstić information content (AvgIpc) is 2.78. The molecule has 2 aromatic carbocycles. The van der Waals surface area contributed by atoms with Crippen LogP contribution in [0.25, 0.3) is 6.08 Å². The zero-order chi connectivity index (χ0) is 23.1. The highest BCUT2D eigenvalue weighted by molar-refractivity contribution is 5.91. The summed E-state index contributed by atoms with van der Waals surface area (Å²) >= 11 is 0. The van der Waals surface area contributed by atoms with Crippen LogP contribution in [0, 0.1) is 5.82 Å². The molecule has 32 heavy (non-hydrogen) atoms. The molecular weight excluding hydrogens is 428 g/mol. The van der Waals surface area contributed by atoms with Gasteiger partial charge < -0.3 is 15.2 Å². The van der Waals surface area contributed by atoms with Crippen molar-refractivity contribution in [2.24, 2.45) is 0 Å². The molecule has 0 aliphatic carbocycles. The number of amides is 1. The summed E-state index contributed by atoms with van der Waals surface area (Å²) in [5.74, 6) is -0.888. The van der Waals surface area contributed by atoms with Crippen molar-refractivity contribution in [2.45, 2.75) is 12.3 Å². The van der Waals surface area contributed by atoms with E-state index in [1.807, 2.05) is 0 Å². The molecule has 3 rings (SSSR count). The van der Waals surface area contributed by atoms with Gasteiger partial charge in [-0.05, 0) is 53.6 Å². The summed E-state index contributed by atoms with van der Waals surface area (Å²) in [6.07, 6.45) is -0.393. The lowest BCUT2D eigenvalue weighted by molar-refractivity contribution is -0.137. The van der Waals surface area contributed by atoms with Gasteiger partial charge in [0.2, 0.25) is 5.91 Å². The number of nitrogens with one attached hydrogen (secondary N) is 1. The summed E-state index contributed by atoms with van der Waals surface area (Å²) in [4.78, 5) is 15.8. The number of aromatic nitrogens is 1. The molecule has 5 nitrogen and oxygen atoms in total. The highest BCUT2D eigenvalue weighted by Gasteiger charge is 2.30. The number of halogens is 4. The van der Waals surface area contributed by atoms with Crippen molar-refractivity contribution in [1.82, 2.24) is 10.3 Å². The highest BCUT2D eigenvalue weighted by Crippen LogP contribution is 2.30. The largest absolute Gasteiger partial charge is 0.453 e. The zero-order valence-electron chi connectivity index (χ0n) is 16.5. The number of pyridine rings is 1. The van der Waals surface area contributed by atoms with Crippen LogP contribution in [-0.4, -0.2) is 22.5 Å². The van der Waals surface area contributed by atoms with Gasteiger partial charge in [-0.15, -0.1) is 0 Å². The Morgan fingerprint density at radius 3 is 2.66 bits per heavy atom. The van der Waals surface area contributed by atoms with Gasteiger partial charge in [-0.25, -0.2) is 4.39 Å². The number of benzene rings is 2. The summed E-state index contributed by atoms with van der Waals surface area (Å²) < 4.78 is 57.9. The smallest absolute Gasteiger partial charge is 0.416 e. The molecule has 0 radical (unpaired) electrons. The molecule has 0 aliphatic rings. The number of carbonyl (C=O) groups is 1. The van der Waals surface area contributed by atoms with Gasteiger partial charge in [-0.2, -0.15) is 13.2 Å². The molecule has 0 aliphatic heterocycles. The average molecular weight is 446 g/mol. The molecule has 2 N–H and O–H groups in total. The van der Waals surface area contributed by atoms with Gasteiger partial charge >= 0.3 is 6.18 Å². The Bertz CT molecular complexity index is 1100. The van der Waals surface area contributed by atoms with Gasteiger partial charge in [0, 0.05) is 18.8 Å². The van der Waals surface area contributed by atoms with Crippen LogP contribution in [0.2, 0.25) is 0 Å². The first kappa shape index (κ1) is 23.0. The summed E-state index contributed by atoms with van der Waals surface area (Å²) in [6, 6.07) is 11.6. The number of nitrogens with zero attached hydrogens (tertiary/aromatic N) is 1. The first-order chi connectivity index (χ1) is 15.2. The third-order valence-corrected chi connectivity index (χ3v) is 4.31. The third-order valence-electron chi connectivity index (χ3n) is 4.31. The molecular formula is C23H18F4N2O3. The predicted molar refractivity (Wildman–Crippen MR) is 109 cm³/mol. The lowest BCUT2D eigenvalue weighted by atomic mass is 10.1. The van der Waals surface area contributed by atoms with E-state index in [-0.39, 0.29) is 17.9 Å². The Kier molecular flexibility index (Phi) is 7.21. The molecule has 1 unspecified atom stereocenters. The molecule has 1 amide bonds. The van der Waals surface area contributed by atoms with Crippen LogP contribution in [-0.2, 0) is 11.0 Å². The maximum Gasteiger partial charge on any atom is 0.416 e. The van der Waals surface area contributed by atoms with E-state index in [0.717, 1.165) is 18.2 Å². The van der Waals surface area contributed by atoms with Crippen LogP contribution in [0.5, 0.6) is 11.5 Å². The number of carbonyl (C=O) groups excluding carboxylic acids is 1. The van der Waals surface area contributed by atoms with Crippen LogP contribution in [0.1, 0.15) is 22.8 Å². The van der Waals surface area contributed by atoms with Gasteiger partial charge in [-0.3, -0.25) is 9.78 Å². The first-order valence-corrected chi connectivity index (χ1v) is 9.41.